The zero-order valence-corrected chi connectivity index (χ0v) is 14.4. The molecule has 0 amide bonds. The number of hydrogen-bond acceptors (Lipinski definition) is 5. The van der Waals surface area contributed by atoms with Crippen molar-refractivity contribution in [2.45, 2.75) is 6.92 Å². The molecule has 0 radical (unpaired) electrons. The molecule has 104 valence electrons. The molecule has 1 aromatic rings. The molecule has 0 aromatic heterocycles. The van der Waals surface area contributed by atoms with Crippen molar-refractivity contribution in [2.75, 3.05) is 6.61 Å². The fraction of sp³-hybridized carbons (Fsp3) is 0.167. The van der Waals surface area contributed by atoms with E-state index >= 15 is 0 Å². The van der Waals surface area contributed by atoms with E-state index in [1.54, 1.807) is 6.07 Å². The molecule has 0 spiro atoms. The van der Waals surface area contributed by atoms with Gasteiger partial charge < -0.3 is 24.5 Å². The smallest absolute Gasteiger partial charge is 0.546 e. The Morgan fingerprint density at radius 1 is 1.30 bits per heavy atom. The number of halogens is 2. The zero-order valence-electron chi connectivity index (χ0n) is 10.7. The molecule has 0 aliphatic rings. The average Bonchev–Trinajstić information content (AvgIpc) is 2.28. The van der Waals surface area contributed by atoms with E-state index in [0.717, 1.165) is 0 Å². The largest absolute Gasteiger partial charge is 2.00 e. The third-order valence-corrected chi connectivity index (χ3v) is 2.12. The van der Waals surface area contributed by atoms with Crippen molar-refractivity contribution in [1.82, 2.24) is 0 Å². The summed E-state index contributed by atoms with van der Waals surface area (Å²) in [4.78, 5) is 19.5. The maximum Gasteiger partial charge on any atom is 2.00 e. The van der Waals surface area contributed by atoms with E-state index in [4.69, 9.17) is 27.9 Å². The molecule has 0 heterocycles. The van der Waals surface area contributed by atoms with Crippen LogP contribution in [0.5, 0.6) is 5.75 Å². The van der Waals surface area contributed by atoms with Crippen LogP contribution in [0.25, 0.3) is 0 Å². The summed E-state index contributed by atoms with van der Waals surface area (Å²) in [5, 5.41) is 20.3. The van der Waals surface area contributed by atoms with E-state index in [0.29, 0.717) is 5.02 Å². The van der Waals surface area contributed by atoms with Gasteiger partial charge in [0.1, 0.15) is 12.4 Å². The third-order valence-electron chi connectivity index (χ3n) is 1.59. The van der Waals surface area contributed by atoms with Gasteiger partial charge in [-0.3, -0.25) is 0 Å². The number of ether oxygens (including phenoxy) is 1. The van der Waals surface area contributed by atoms with Crippen molar-refractivity contribution < 1.29 is 24.5 Å². The average molecular weight is 345 g/mol. The fourth-order valence-electron chi connectivity index (χ4n) is 0.729. The maximum atomic E-state index is 10.0. The van der Waals surface area contributed by atoms with Gasteiger partial charge in [0.2, 0.25) is 0 Å². The maximum absolute atomic E-state index is 10.0. The van der Waals surface area contributed by atoms with Gasteiger partial charge in [-0.2, -0.15) is 0 Å². The Hall–Kier alpha value is -0.460. The summed E-state index contributed by atoms with van der Waals surface area (Å²) in [5.41, 5.74) is 0.0648. The molecule has 0 atom stereocenters. The number of carbonyl (C=O) groups excluding carboxylic acids is 2. The monoisotopic (exact) mass is 344 g/mol. The number of carboxylic acid groups (broad SMARTS) is 2. The predicted molar refractivity (Wildman–Crippen MR) is 72.5 cm³/mol. The number of benzene rings is 1. The molecule has 0 bridgehead atoms. The van der Waals surface area contributed by atoms with Crippen LogP contribution in [-0.2, 0) is 9.59 Å². The first-order chi connectivity index (χ1) is 8.73. The first kappa shape index (κ1) is 21.8. The molecule has 0 aliphatic heterocycles. The van der Waals surface area contributed by atoms with Gasteiger partial charge in [0.25, 0.3) is 0 Å². The summed E-state index contributed by atoms with van der Waals surface area (Å²) < 4.78 is 4.80. The number of rotatable bonds is 4. The van der Waals surface area contributed by atoms with Gasteiger partial charge in [0.05, 0.1) is 17.0 Å². The van der Waals surface area contributed by atoms with E-state index in [9.17, 15) is 19.8 Å². The first-order valence-corrected chi connectivity index (χ1v) is 5.64. The van der Waals surface area contributed by atoms with Gasteiger partial charge in [0.15, 0.2) is 0 Å². The van der Waals surface area contributed by atoms with Gasteiger partial charge in [-0.1, -0.05) is 29.8 Å². The van der Waals surface area contributed by atoms with Gasteiger partial charge in [-0.25, -0.2) is 0 Å². The van der Waals surface area contributed by atoms with E-state index in [2.05, 4.69) is 6.58 Å². The fourth-order valence-corrected chi connectivity index (χ4v) is 1.19. The van der Waals surface area contributed by atoms with E-state index in [1.165, 1.54) is 19.1 Å². The van der Waals surface area contributed by atoms with Crippen molar-refractivity contribution in [2.24, 2.45) is 0 Å². The van der Waals surface area contributed by atoms with Crippen LogP contribution in [0, 0.1) is 0 Å². The Labute approximate surface area is 156 Å². The molecule has 0 unspecified atom stereocenters. The van der Waals surface area contributed by atoms with Crippen molar-refractivity contribution in [3.05, 3.63) is 40.4 Å². The molecule has 1 aromatic carbocycles. The van der Waals surface area contributed by atoms with Gasteiger partial charge >= 0.3 is 37.7 Å². The standard InChI is InChI=1S/C8H6Cl2O3.C4H6O2.Ca/c9-5-1-2-7(6(10)3-5)13-4-8(11)12;1-3(2)4(5)6;/h1-3H,4H2,(H,11,12);1H2,2H3,(H,5,6);/q;;+2/p-2. The summed E-state index contributed by atoms with van der Waals surface area (Å²) >= 11 is 11.3. The minimum Gasteiger partial charge on any atom is -0.546 e. The van der Waals surface area contributed by atoms with Crippen LogP contribution in [0.1, 0.15) is 6.92 Å². The molecule has 0 N–H and O–H groups in total. The van der Waals surface area contributed by atoms with Crippen molar-refractivity contribution in [3.8, 4) is 5.75 Å². The van der Waals surface area contributed by atoms with Crippen LogP contribution in [0.2, 0.25) is 10.0 Å². The molecule has 0 aliphatic carbocycles. The van der Waals surface area contributed by atoms with Crippen molar-refractivity contribution >= 4 is 72.9 Å². The Kier molecular flexibility index (Phi) is 12.3. The molecule has 8 heteroatoms. The van der Waals surface area contributed by atoms with Crippen LogP contribution in [0.15, 0.2) is 30.4 Å². The number of aliphatic carboxylic acids is 2. The zero-order chi connectivity index (χ0) is 15.0. The normalized spacial score (nSPS) is 8.55. The number of hydrogen-bond donors (Lipinski definition) is 0. The minimum atomic E-state index is -1.30. The van der Waals surface area contributed by atoms with Crippen LogP contribution in [0.3, 0.4) is 0 Å². The molecule has 20 heavy (non-hydrogen) atoms. The van der Waals surface area contributed by atoms with Gasteiger partial charge in [0, 0.05) is 5.02 Å². The van der Waals surface area contributed by atoms with Crippen molar-refractivity contribution in [3.63, 3.8) is 0 Å². The molecule has 5 nitrogen and oxygen atoms in total. The van der Waals surface area contributed by atoms with Gasteiger partial charge in [-0.05, 0) is 30.7 Å². The molecular weight excluding hydrogens is 335 g/mol. The number of carbonyl (C=O) groups is 2. The second-order valence-corrected chi connectivity index (χ2v) is 4.15. The van der Waals surface area contributed by atoms with Crippen LogP contribution >= 0.6 is 23.2 Å². The van der Waals surface area contributed by atoms with Crippen LogP contribution in [-0.4, -0.2) is 56.3 Å². The summed E-state index contributed by atoms with van der Waals surface area (Å²) in [6.45, 7) is 3.95. The predicted octanol–water partition coefficient (Wildman–Crippen LogP) is 0.0537. The molecule has 0 saturated heterocycles. The first-order valence-electron chi connectivity index (χ1n) is 4.88. The Bertz CT molecular complexity index is 479. The molecular formula is C12H10CaCl2O5. The van der Waals surface area contributed by atoms with Crippen molar-refractivity contribution in [1.29, 1.82) is 0 Å². The summed E-state index contributed by atoms with van der Waals surface area (Å²) in [5.74, 6) is -2.21. The van der Waals surface area contributed by atoms with Crippen LogP contribution in [0.4, 0.5) is 0 Å². The second kappa shape index (κ2) is 11.2. The van der Waals surface area contributed by atoms with Gasteiger partial charge in [-0.15, -0.1) is 0 Å². The van der Waals surface area contributed by atoms with E-state index in [1.807, 2.05) is 0 Å². The third kappa shape index (κ3) is 10.3. The SMILES string of the molecule is C=C(C)C(=O)[O-].O=C([O-])COc1ccc(Cl)cc1Cl.[Ca+2]. The Morgan fingerprint density at radius 3 is 2.15 bits per heavy atom. The number of carboxylic acids is 2. The summed E-state index contributed by atoms with van der Waals surface area (Å²) in [6, 6.07) is 4.51. The summed E-state index contributed by atoms with van der Waals surface area (Å²) in [6.07, 6.45) is 0. The Balaban J connectivity index is 0. The van der Waals surface area contributed by atoms with E-state index in [-0.39, 0.29) is 54.1 Å². The Morgan fingerprint density at radius 2 is 1.80 bits per heavy atom. The molecule has 0 saturated carbocycles. The topological polar surface area (TPSA) is 89.5 Å². The quantitative estimate of drug-likeness (QED) is 0.568. The minimum absolute atomic E-state index is 0. The molecule has 0 fully saturated rings. The van der Waals surface area contributed by atoms with E-state index < -0.39 is 18.5 Å². The van der Waals surface area contributed by atoms with Crippen LogP contribution < -0.4 is 14.9 Å². The second-order valence-electron chi connectivity index (χ2n) is 3.30. The molecule has 1 rings (SSSR count). The summed E-state index contributed by atoms with van der Waals surface area (Å²) in [7, 11) is 0.